The van der Waals surface area contributed by atoms with Gasteiger partial charge < -0.3 is 5.73 Å². The zero-order valence-corrected chi connectivity index (χ0v) is 9.67. The number of nitrogens with zero attached hydrogens (tertiary/aromatic N) is 3. The fourth-order valence-electron chi connectivity index (χ4n) is 2.38. The van der Waals surface area contributed by atoms with Crippen LogP contribution < -0.4 is 11.1 Å². The summed E-state index contributed by atoms with van der Waals surface area (Å²) in [6, 6.07) is 0.451. The van der Waals surface area contributed by atoms with Crippen LogP contribution in [0.25, 0.3) is 0 Å². The van der Waals surface area contributed by atoms with Crippen LogP contribution in [0.3, 0.4) is 0 Å². The highest BCUT2D eigenvalue weighted by molar-refractivity contribution is 5.85. The highest BCUT2D eigenvalue weighted by Gasteiger charge is 2.52. The molecule has 6 heteroatoms. The van der Waals surface area contributed by atoms with Gasteiger partial charge in [-0.3, -0.25) is 14.8 Å². The Morgan fingerprint density at radius 2 is 2.24 bits per heavy atom. The minimum absolute atomic E-state index is 0.262. The molecular formula is C11H17N5O. The number of rotatable bonds is 6. The van der Waals surface area contributed by atoms with Gasteiger partial charge in [-0.25, -0.2) is 4.98 Å². The summed E-state index contributed by atoms with van der Waals surface area (Å²) in [5, 5.41) is 7.52. The minimum atomic E-state index is -0.630. The number of primary amides is 1. The number of aromatic nitrogens is 3. The van der Waals surface area contributed by atoms with E-state index in [4.69, 9.17) is 5.73 Å². The summed E-state index contributed by atoms with van der Waals surface area (Å²) in [5.74, 6) is 0.0900. The predicted octanol–water partition coefficient (Wildman–Crippen LogP) is -0.336. The zero-order chi connectivity index (χ0) is 11.9. The van der Waals surface area contributed by atoms with Crippen molar-refractivity contribution >= 4 is 5.91 Å². The third-order valence-corrected chi connectivity index (χ3v) is 3.63. The molecule has 1 aromatic rings. The summed E-state index contributed by atoms with van der Waals surface area (Å²) in [6.45, 7) is 0.490. The number of carbonyl (C=O) groups excluding carboxylic acids is 1. The van der Waals surface area contributed by atoms with E-state index in [1.54, 1.807) is 11.0 Å². The molecule has 2 saturated carbocycles. The third-order valence-electron chi connectivity index (χ3n) is 3.63. The summed E-state index contributed by atoms with van der Waals surface area (Å²) in [6.07, 6.45) is 7.53. The van der Waals surface area contributed by atoms with Crippen molar-refractivity contribution in [1.82, 2.24) is 20.1 Å². The van der Waals surface area contributed by atoms with Gasteiger partial charge in [-0.05, 0) is 31.6 Å². The van der Waals surface area contributed by atoms with Crippen molar-refractivity contribution in [2.24, 2.45) is 11.7 Å². The lowest BCUT2D eigenvalue weighted by Crippen LogP contribution is -2.60. The number of nitrogens with two attached hydrogens (primary N) is 1. The quantitative estimate of drug-likeness (QED) is 0.706. The van der Waals surface area contributed by atoms with Crippen molar-refractivity contribution in [3.8, 4) is 0 Å². The van der Waals surface area contributed by atoms with Crippen LogP contribution in [0.15, 0.2) is 12.7 Å². The lowest BCUT2D eigenvalue weighted by atomic mass is 9.91. The van der Waals surface area contributed by atoms with Crippen molar-refractivity contribution in [3.05, 3.63) is 12.7 Å². The smallest absolute Gasteiger partial charge is 0.239 e. The molecule has 1 heterocycles. The van der Waals surface area contributed by atoms with Crippen LogP contribution in [0.4, 0.5) is 0 Å². The van der Waals surface area contributed by atoms with E-state index in [1.165, 1.54) is 6.33 Å². The zero-order valence-electron chi connectivity index (χ0n) is 9.67. The van der Waals surface area contributed by atoms with Crippen molar-refractivity contribution in [3.63, 3.8) is 0 Å². The Labute approximate surface area is 99.6 Å². The first kappa shape index (κ1) is 10.7. The second-order valence-corrected chi connectivity index (χ2v) is 5.12. The third kappa shape index (κ3) is 2.04. The summed E-state index contributed by atoms with van der Waals surface area (Å²) < 4.78 is 1.69. The Morgan fingerprint density at radius 1 is 1.47 bits per heavy atom. The molecule has 1 aromatic heterocycles. The molecule has 0 radical (unpaired) electrons. The maximum Gasteiger partial charge on any atom is 0.239 e. The largest absolute Gasteiger partial charge is 0.368 e. The highest BCUT2D eigenvalue weighted by Crippen LogP contribution is 2.42. The number of carbonyl (C=O) groups is 1. The molecule has 92 valence electrons. The van der Waals surface area contributed by atoms with E-state index in [0.29, 0.717) is 18.5 Å². The van der Waals surface area contributed by atoms with Crippen molar-refractivity contribution in [2.45, 2.75) is 43.8 Å². The second kappa shape index (κ2) is 3.80. The van der Waals surface area contributed by atoms with Crippen LogP contribution in [-0.4, -0.2) is 32.3 Å². The topological polar surface area (TPSA) is 85.8 Å². The summed E-state index contributed by atoms with van der Waals surface area (Å²) in [7, 11) is 0. The van der Waals surface area contributed by atoms with Gasteiger partial charge >= 0.3 is 0 Å². The standard InChI is InChI=1S/C11H17N5O/c12-10(17)11(8-1-2-8,15-9-3-4-9)5-16-7-13-6-14-16/h6-9,15H,1-5H2,(H2,12,17). The van der Waals surface area contributed by atoms with Gasteiger partial charge in [-0.1, -0.05) is 0 Å². The molecular weight excluding hydrogens is 218 g/mol. The molecule has 1 amide bonds. The van der Waals surface area contributed by atoms with Crippen LogP contribution in [0.2, 0.25) is 0 Å². The molecule has 0 bridgehead atoms. The molecule has 1 atom stereocenters. The van der Waals surface area contributed by atoms with E-state index in [1.807, 2.05) is 0 Å². The van der Waals surface area contributed by atoms with Crippen molar-refractivity contribution < 1.29 is 4.79 Å². The van der Waals surface area contributed by atoms with E-state index < -0.39 is 5.54 Å². The van der Waals surface area contributed by atoms with Crippen LogP contribution >= 0.6 is 0 Å². The van der Waals surface area contributed by atoms with E-state index >= 15 is 0 Å². The number of hydrogen-bond donors (Lipinski definition) is 2. The maximum atomic E-state index is 11.9. The Kier molecular flexibility index (Phi) is 2.39. The first-order valence-corrected chi connectivity index (χ1v) is 6.11. The summed E-state index contributed by atoms with van der Waals surface area (Å²) in [4.78, 5) is 15.8. The van der Waals surface area contributed by atoms with Gasteiger partial charge in [0.1, 0.15) is 18.2 Å². The Balaban J connectivity index is 1.84. The summed E-state index contributed by atoms with van der Waals surface area (Å²) >= 11 is 0. The molecule has 1 unspecified atom stereocenters. The number of nitrogens with one attached hydrogen (secondary N) is 1. The molecule has 2 aliphatic carbocycles. The second-order valence-electron chi connectivity index (χ2n) is 5.12. The van der Waals surface area contributed by atoms with Gasteiger partial charge in [0, 0.05) is 6.04 Å². The average Bonchev–Trinajstić information content (AvgIpc) is 3.19. The molecule has 2 fully saturated rings. The molecule has 6 nitrogen and oxygen atoms in total. The van der Waals surface area contributed by atoms with E-state index in [-0.39, 0.29) is 5.91 Å². The molecule has 17 heavy (non-hydrogen) atoms. The Hall–Kier alpha value is -1.43. The van der Waals surface area contributed by atoms with Crippen molar-refractivity contribution in [1.29, 1.82) is 0 Å². The first-order valence-electron chi connectivity index (χ1n) is 6.11. The minimum Gasteiger partial charge on any atom is -0.368 e. The highest BCUT2D eigenvalue weighted by atomic mass is 16.1. The van der Waals surface area contributed by atoms with E-state index in [2.05, 4.69) is 15.4 Å². The van der Waals surface area contributed by atoms with E-state index in [9.17, 15) is 4.79 Å². The molecule has 0 saturated heterocycles. The molecule has 3 rings (SSSR count). The fourth-order valence-corrected chi connectivity index (χ4v) is 2.38. The Morgan fingerprint density at radius 3 is 2.71 bits per heavy atom. The van der Waals surface area contributed by atoms with E-state index in [0.717, 1.165) is 25.7 Å². The van der Waals surface area contributed by atoms with Gasteiger partial charge in [0.15, 0.2) is 0 Å². The fraction of sp³-hybridized carbons (Fsp3) is 0.727. The first-order chi connectivity index (χ1) is 8.21. The molecule has 0 aliphatic heterocycles. The lowest BCUT2D eigenvalue weighted by molar-refractivity contribution is -0.126. The van der Waals surface area contributed by atoms with Gasteiger partial charge in [-0.2, -0.15) is 5.10 Å². The van der Waals surface area contributed by atoms with Gasteiger partial charge in [-0.15, -0.1) is 0 Å². The maximum absolute atomic E-state index is 11.9. The molecule has 0 spiro atoms. The Bertz CT molecular complexity index is 410. The van der Waals surface area contributed by atoms with Crippen LogP contribution in [0, 0.1) is 5.92 Å². The number of amides is 1. The molecule has 2 aliphatic rings. The van der Waals surface area contributed by atoms with Crippen LogP contribution in [0.5, 0.6) is 0 Å². The average molecular weight is 235 g/mol. The van der Waals surface area contributed by atoms with Gasteiger partial charge in [0.2, 0.25) is 5.91 Å². The predicted molar refractivity (Wildman–Crippen MR) is 60.8 cm³/mol. The van der Waals surface area contributed by atoms with Crippen molar-refractivity contribution in [2.75, 3.05) is 0 Å². The molecule has 3 N–H and O–H groups in total. The normalized spacial score (nSPS) is 23.3. The van der Waals surface area contributed by atoms with Gasteiger partial charge in [0.25, 0.3) is 0 Å². The monoisotopic (exact) mass is 235 g/mol. The molecule has 0 aromatic carbocycles. The SMILES string of the molecule is NC(=O)C(Cn1cncn1)(NC1CC1)C1CC1. The summed E-state index contributed by atoms with van der Waals surface area (Å²) in [5.41, 5.74) is 5.01. The number of hydrogen-bond acceptors (Lipinski definition) is 4. The van der Waals surface area contributed by atoms with Crippen LogP contribution in [0.1, 0.15) is 25.7 Å². The van der Waals surface area contributed by atoms with Crippen LogP contribution in [-0.2, 0) is 11.3 Å². The van der Waals surface area contributed by atoms with Gasteiger partial charge in [0.05, 0.1) is 6.54 Å². The lowest BCUT2D eigenvalue weighted by Gasteiger charge is -2.32.